The smallest absolute Gasteiger partial charge is 0.0544 e. The van der Waals surface area contributed by atoms with Gasteiger partial charge >= 0.3 is 0 Å². The Balaban J connectivity index is 1.82. The van der Waals surface area contributed by atoms with Crippen molar-refractivity contribution in [3.63, 3.8) is 0 Å². The molecular formula is C14H23N3. The highest BCUT2D eigenvalue weighted by Crippen LogP contribution is 2.18. The summed E-state index contributed by atoms with van der Waals surface area (Å²) in [6, 6.07) is 6.87. The van der Waals surface area contributed by atoms with E-state index >= 15 is 0 Å². The molecule has 0 radical (unpaired) electrons. The molecule has 0 saturated carbocycles. The first-order chi connectivity index (χ1) is 8.40. The van der Waals surface area contributed by atoms with Gasteiger partial charge in [-0.15, -0.1) is 0 Å². The summed E-state index contributed by atoms with van der Waals surface area (Å²) in [6.45, 7) is 6.69. The Morgan fingerprint density at radius 2 is 2.41 bits per heavy atom. The number of rotatable bonds is 6. The van der Waals surface area contributed by atoms with E-state index in [1.807, 2.05) is 12.3 Å². The van der Waals surface area contributed by atoms with Crippen LogP contribution in [0.4, 0.5) is 0 Å². The quantitative estimate of drug-likeness (QED) is 0.762. The molecule has 94 valence electrons. The molecule has 1 aromatic rings. The highest BCUT2D eigenvalue weighted by molar-refractivity contribution is 5.04. The molecule has 3 heteroatoms. The van der Waals surface area contributed by atoms with Gasteiger partial charge in [0.2, 0.25) is 0 Å². The van der Waals surface area contributed by atoms with Gasteiger partial charge in [0.25, 0.3) is 0 Å². The van der Waals surface area contributed by atoms with Crippen LogP contribution >= 0.6 is 0 Å². The molecule has 1 fully saturated rings. The minimum atomic E-state index is 0.698. The van der Waals surface area contributed by atoms with Crippen molar-refractivity contribution in [1.82, 2.24) is 15.2 Å². The van der Waals surface area contributed by atoms with Crippen molar-refractivity contribution in [3.8, 4) is 0 Å². The zero-order valence-corrected chi connectivity index (χ0v) is 10.7. The third-order valence-corrected chi connectivity index (χ3v) is 3.40. The Kier molecular flexibility index (Phi) is 4.95. The van der Waals surface area contributed by atoms with Gasteiger partial charge in [-0.1, -0.05) is 13.0 Å². The van der Waals surface area contributed by atoms with Crippen molar-refractivity contribution in [2.45, 2.75) is 38.8 Å². The third kappa shape index (κ3) is 3.79. The van der Waals surface area contributed by atoms with E-state index in [9.17, 15) is 0 Å². The van der Waals surface area contributed by atoms with Crippen LogP contribution in [0.2, 0.25) is 0 Å². The maximum Gasteiger partial charge on any atom is 0.0544 e. The van der Waals surface area contributed by atoms with Gasteiger partial charge in [-0.05, 0) is 44.5 Å². The number of hydrogen-bond acceptors (Lipinski definition) is 3. The number of nitrogens with one attached hydrogen (secondary N) is 1. The SMILES string of the molecule is CCCNCC1CCCN1Cc1ccccn1. The molecule has 1 aliphatic heterocycles. The van der Waals surface area contributed by atoms with Gasteiger partial charge in [-0.2, -0.15) is 0 Å². The summed E-state index contributed by atoms with van der Waals surface area (Å²) in [4.78, 5) is 6.97. The van der Waals surface area contributed by atoms with Crippen LogP contribution in [0.15, 0.2) is 24.4 Å². The first kappa shape index (κ1) is 12.5. The maximum atomic E-state index is 4.41. The first-order valence-electron chi connectivity index (χ1n) is 6.75. The monoisotopic (exact) mass is 233 g/mol. The van der Waals surface area contributed by atoms with Crippen LogP contribution in [0, 0.1) is 0 Å². The highest BCUT2D eigenvalue weighted by Gasteiger charge is 2.23. The summed E-state index contributed by atoms with van der Waals surface area (Å²) < 4.78 is 0. The summed E-state index contributed by atoms with van der Waals surface area (Å²) in [7, 11) is 0. The van der Waals surface area contributed by atoms with Gasteiger partial charge in [0.15, 0.2) is 0 Å². The number of hydrogen-bond donors (Lipinski definition) is 1. The van der Waals surface area contributed by atoms with Gasteiger partial charge < -0.3 is 5.32 Å². The number of aromatic nitrogens is 1. The van der Waals surface area contributed by atoms with E-state index in [1.165, 1.54) is 31.5 Å². The van der Waals surface area contributed by atoms with Crippen LogP contribution in [0.1, 0.15) is 31.9 Å². The summed E-state index contributed by atoms with van der Waals surface area (Å²) in [6.07, 6.45) is 5.75. The van der Waals surface area contributed by atoms with E-state index in [2.05, 4.69) is 34.3 Å². The van der Waals surface area contributed by atoms with Crippen molar-refractivity contribution < 1.29 is 0 Å². The van der Waals surface area contributed by atoms with E-state index in [1.54, 1.807) is 0 Å². The number of pyridine rings is 1. The molecule has 0 aromatic carbocycles. The van der Waals surface area contributed by atoms with Crippen LogP contribution in [0.25, 0.3) is 0 Å². The lowest BCUT2D eigenvalue weighted by atomic mass is 10.2. The van der Waals surface area contributed by atoms with Crippen molar-refractivity contribution in [3.05, 3.63) is 30.1 Å². The molecule has 0 amide bonds. The predicted octanol–water partition coefficient (Wildman–Crippen LogP) is 2.05. The van der Waals surface area contributed by atoms with Crippen LogP contribution in [-0.4, -0.2) is 35.6 Å². The molecule has 3 nitrogen and oxygen atoms in total. The second-order valence-electron chi connectivity index (χ2n) is 4.79. The minimum absolute atomic E-state index is 0.698. The lowest BCUT2D eigenvalue weighted by Gasteiger charge is -2.24. The van der Waals surface area contributed by atoms with Crippen LogP contribution in [-0.2, 0) is 6.54 Å². The molecule has 17 heavy (non-hydrogen) atoms. The average molecular weight is 233 g/mol. The molecule has 1 atom stereocenters. The van der Waals surface area contributed by atoms with Gasteiger partial charge in [-0.3, -0.25) is 9.88 Å². The normalized spacial score (nSPS) is 20.9. The average Bonchev–Trinajstić information content (AvgIpc) is 2.79. The van der Waals surface area contributed by atoms with Gasteiger partial charge in [0.1, 0.15) is 0 Å². The fourth-order valence-electron chi connectivity index (χ4n) is 2.48. The van der Waals surface area contributed by atoms with E-state index in [-0.39, 0.29) is 0 Å². The van der Waals surface area contributed by atoms with Crippen molar-refractivity contribution in [2.75, 3.05) is 19.6 Å². The van der Waals surface area contributed by atoms with Crippen LogP contribution in [0.3, 0.4) is 0 Å². The van der Waals surface area contributed by atoms with Crippen molar-refractivity contribution >= 4 is 0 Å². The lowest BCUT2D eigenvalue weighted by molar-refractivity contribution is 0.237. The summed E-state index contributed by atoms with van der Waals surface area (Å²) >= 11 is 0. The number of nitrogens with zero attached hydrogens (tertiary/aromatic N) is 2. The third-order valence-electron chi connectivity index (χ3n) is 3.40. The number of likely N-dealkylation sites (tertiary alicyclic amines) is 1. The van der Waals surface area contributed by atoms with Crippen molar-refractivity contribution in [1.29, 1.82) is 0 Å². The van der Waals surface area contributed by atoms with Gasteiger partial charge in [0, 0.05) is 25.3 Å². The van der Waals surface area contributed by atoms with Gasteiger partial charge in [-0.25, -0.2) is 0 Å². The zero-order valence-electron chi connectivity index (χ0n) is 10.7. The molecule has 0 bridgehead atoms. The van der Waals surface area contributed by atoms with Gasteiger partial charge in [0.05, 0.1) is 5.69 Å². The largest absolute Gasteiger partial charge is 0.315 e. The van der Waals surface area contributed by atoms with Crippen molar-refractivity contribution in [2.24, 2.45) is 0 Å². The molecule has 1 aromatic heterocycles. The Hall–Kier alpha value is -0.930. The lowest BCUT2D eigenvalue weighted by Crippen LogP contribution is -2.37. The Labute approximate surface area is 104 Å². The fourth-order valence-corrected chi connectivity index (χ4v) is 2.48. The van der Waals surface area contributed by atoms with Crippen LogP contribution in [0.5, 0.6) is 0 Å². The molecule has 2 heterocycles. The Morgan fingerprint density at radius 3 is 3.18 bits per heavy atom. The molecule has 0 aliphatic carbocycles. The standard InChI is InChI=1S/C14H23N3/c1-2-8-15-11-14-7-5-10-17(14)12-13-6-3-4-9-16-13/h3-4,6,9,14-15H,2,5,7-8,10-12H2,1H3. The molecule has 2 rings (SSSR count). The maximum absolute atomic E-state index is 4.41. The summed E-state index contributed by atoms with van der Waals surface area (Å²) in [5, 5.41) is 3.53. The summed E-state index contributed by atoms with van der Waals surface area (Å²) in [5.41, 5.74) is 1.19. The predicted molar refractivity (Wildman–Crippen MR) is 70.8 cm³/mol. The van der Waals surface area contributed by atoms with E-state index in [0.717, 1.165) is 19.6 Å². The second-order valence-corrected chi connectivity index (χ2v) is 4.79. The van der Waals surface area contributed by atoms with E-state index in [0.29, 0.717) is 6.04 Å². The summed E-state index contributed by atoms with van der Waals surface area (Å²) in [5.74, 6) is 0. The fraction of sp³-hybridized carbons (Fsp3) is 0.643. The molecule has 1 unspecified atom stereocenters. The molecule has 1 aliphatic rings. The zero-order chi connectivity index (χ0) is 11.9. The van der Waals surface area contributed by atoms with Crippen LogP contribution < -0.4 is 5.32 Å². The Morgan fingerprint density at radius 1 is 1.47 bits per heavy atom. The molecular weight excluding hydrogens is 210 g/mol. The van der Waals surface area contributed by atoms with E-state index in [4.69, 9.17) is 0 Å². The topological polar surface area (TPSA) is 28.2 Å². The van der Waals surface area contributed by atoms with E-state index < -0.39 is 0 Å². The molecule has 0 spiro atoms. The molecule has 1 saturated heterocycles. The highest BCUT2D eigenvalue weighted by atomic mass is 15.2. The second kappa shape index (κ2) is 6.72. The first-order valence-corrected chi connectivity index (χ1v) is 6.75. The molecule has 1 N–H and O–H groups in total. The minimum Gasteiger partial charge on any atom is -0.315 e. The Bertz CT molecular complexity index is 313.